The molecule has 2 aliphatic rings. The fraction of sp³-hybridized carbons (Fsp3) is 0.545. The van der Waals surface area contributed by atoms with E-state index in [0.717, 1.165) is 29.8 Å². The van der Waals surface area contributed by atoms with Crippen LogP contribution in [0, 0.1) is 17.8 Å². The lowest BCUT2D eigenvalue weighted by Crippen LogP contribution is -2.27. The summed E-state index contributed by atoms with van der Waals surface area (Å²) < 4.78 is 16.0. The zero-order valence-corrected chi connectivity index (χ0v) is 19.5. The molecule has 1 aliphatic heterocycles. The highest BCUT2D eigenvalue weighted by atomic mass is 79.9. The fourth-order valence-corrected chi connectivity index (χ4v) is 4.89. The predicted octanol–water partition coefficient (Wildman–Crippen LogP) is 3.79. The molecule has 4 rings (SSSR count). The molecule has 10 heteroatoms. The third kappa shape index (κ3) is 5.59. The fourth-order valence-electron chi connectivity index (χ4n) is 4.65. The molecule has 1 saturated carbocycles. The Bertz CT molecular complexity index is 921. The van der Waals surface area contributed by atoms with Gasteiger partial charge in [-0.15, -0.1) is 0 Å². The maximum atomic E-state index is 11.9. The van der Waals surface area contributed by atoms with E-state index in [1.165, 1.54) is 18.9 Å². The van der Waals surface area contributed by atoms with Crippen molar-refractivity contribution < 1.29 is 23.6 Å². The Kier molecular flexibility index (Phi) is 7.29. The summed E-state index contributed by atoms with van der Waals surface area (Å²) in [6, 6.07) is 5.51. The summed E-state index contributed by atoms with van der Waals surface area (Å²) in [6.07, 6.45) is 4.64. The molecule has 3 heterocycles. The maximum Gasteiger partial charge on any atom is 0.407 e. The van der Waals surface area contributed by atoms with Crippen LogP contribution in [0.5, 0.6) is 0 Å². The molecule has 1 aliphatic carbocycles. The molecule has 0 bridgehead atoms. The second-order valence-electron chi connectivity index (χ2n) is 8.29. The maximum absolute atomic E-state index is 11.9. The lowest BCUT2D eigenvalue weighted by Gasteiger charge is -2.20. The van der Waals surface area contributed by atoms with E-state index in [1.54, 1.807) is 6.92 Å². The van der Waals surface area contributed by atoms with Gasteiger partial charge in [0, 0.05) is 36.4 Å². The summed E-state index contributed by atoms with van der Waals surface area (Å²) in [5.74, 6) is 2.77. The van der Waals surface area contributed by atoms with Gasteiger partial charge in [-0.1, -0.05) is 5.16 Å². The molecule has 32 heavy (non-hydrogen) atoms. The van der Waals surface area contributed by atoms with E-state index >= 15 is 0 Å². The summed E-state index contributed by atoms with van der Waals surface area (Å²) in [7, 11) is 0. The molecule has 0 spiro atoms. The first kappa shape index (κ1) is 22.6. The first-order valence-electron chi connectivity index (χ1n) is 10.9. The number of carbonyl (C=O) groups excluding carboxylic acids is 2. The van der Waals surface area contributed by atoms with Crippen molar-refractivity contribution in [1.29, 1.82) is 0 Å². The van der Waals surface area contributed by atoms with E-state index < -0.39 is 12.1 Å². The number of nitrogens with zero attached hydrogens (tertiary/aromatic N) is 3. The van der Waals surface area contributed by atoms with Gasteiger partial charge in [0.1, 0.15) is 5.82 Å². The van der Waals surface area contributed by atoms with Crippen molar-refractivity contribution in [1.82, 2.24) is 15.5 Å². The number of nitrogens with one attached hydrogen (secondary N) is 1. The number of halogens is 1. The van der Waals surface area contributed by atoms with E-state index in [1.807, 2.05) is 12.3 Å². The SMILES string of the molecule is CCOC(=O)c1cc(COC(=O)NCCC2CC3CN(c4ccc(Br)cn4)CC3C2)on1. The van der Waals surface area contributed by atoms with E-state index in [-0.39, 0.29) is 24.7 Å². The quantitative estimate of drug-likeness (QED) is 0.538. The lowest BCUT2D eigenvalue weighted by molar-refractivity contribution is 0.0514. The first-order chi connectivity index (χ1) is 15.5. The standard InChI is InChI=1S/C22H27BrN4O5/c1-2-30-21(28)19-9-18(32-26-19)13-31-22(29)24-6-5-14-7-15-11-27(12-16(15)8-14)20-4-3-17(23)10-25-20/h3-4,9-10,14-16H,2,5-8,11-13H2,1H3,(H,24,29). The van der Waals surface area contributed by atoms with Crippen LogP contribution in [0.2, 0.25) is 0 Å². The first-order valence-corrected chi connectivity index (χ1v) is 11.7. The van der Waals surface area contributed by atoms with Crippen molar-refractivity contribution in [2.75, 3.05) is 31.1 Å². The van der Waals surface area contributed by atoms with Crippen molar-refractivity contribution >= 4 is 33.8 Å². The lowest BCUT2D eigenvalue weighted by atomic mass is 10.0. The summed E-state index contributed by atoms with van der Waals surface area (Å²) >= 11 is 3.43. The number of pyridine rings is 1. The molecule has 1 amide bonds. The molecule has 1 saturated heterocycles. The van der Waals surface area contributed by atoms with Crippen LogP contribution in [0.4, 0.5) is 10.6 Å². The molecule has 2 aromatic heterocycles. The minimum absolute atomic E-state index is 0.0621. The number of carbonyl (C=O) groups is 2. The van der Waals surface area contributed by atoms with Crippen molar-refractivity contribution in [3.63, 3.8) is 0 Å². The predicted molar refractivity (Wildman–Crippen MR) is 119 cm³/mol. The van der Waals surface area contributed by atoms with Crippen LogP contribution in [0.15, 0.2) is 33.4 Å². The van der Waals surface area contributed by atoms with Crippen LogP contribution in [0.1, 0.15) is 42.4 Å². The van der Waals surface area contributed by atoms with Gasteiger partial charge in [0.05, 0.1) is 6.61 Å². The van der Waals surface area contributed by atoms with Crippen molar-refractivity contribution in [2.45, 2.75) is 32.8 Å². The number of hydrogen-bond acceptors (Lipinski definition) is 8. The third-order valence-corrected chi connectivity index (χ3v) is 6.56. The second-order valence-corrected chi connectivity index (χ2v) is 9.20. The summed E-state index contributed by atoms with van der Waals surface area (Å²) in [6.45, 7) is 4.55. The van der Waals surface area contributed by atoms with Gasteiger partial charge in [-0.3, -0.25) is 0 Å². The molecular formula is C22H27BrN4O5. The number of fused-ring (bicyclic) bond motifs is 1. The van der Waals surface area contributed by atoms with E-state index in [9.17, 15) is 9.59 Å². The highest BCUT2D eigenvalue weighted by Crippen LogP contribution is 2.43. The highest BCUT2D eigenvalue weighted by Gasteiger charge is 2.40. The average molecular weight is 507 g/mol. The van der Waals surface area contributed by atoms with Gasteiger partial charge in [-0.25, -0.2) is 14.6 Å². The number of amides is 1. The Morgan fingerprint density at radius 2 is 2.03 bits per heavy atom. The minimum Gasteiger partial charge on any atom is -0.461 e. The Morgan fingerprint density at radius 1 is 1.25 bits per heavy atom. The Morgan fingerprint density at radius 3 is 2.72 bits per heavy atom. The van der Waals surface area contributed by atoms with Gasteiger partial charge in [0.15, 0.2) is 18.1 Å². The van der Waals surface area contributed by atoms with Crippen LogP contribution in [-0.4, -0.2) is 48.4 Å². The largest absolute Gasteiger partial charge is 0.461 e. The van der Waals surface area contributed by atoms with Gasteiger partial charge in [0.2, 0.25) is 0 Å². The van der Waals surface area contributed by atoms with Crippen LogP contribution < -0.4 is 10.2 Å². The topological polar surface area (TPSA) is 107 Å². The van der Waals surface area contributed by atoms with Gasteiger partial charge in [-0.2, -0.15) is 0 Å². The molecule has 2 aromatic rings. The summed E-state index contributed by atoms with van der Waals surface area (Å²) in [5, 5.41) is 6.41. The highest BCUT2D eigenvalue weighted by molar-refractivity contribution is 9.10. The molecule has 0 radical (unpaired) electrons. The van der Waals surface area contributed by atoms with Gasteiger partial charge in [0.25, 0.3) is 0 Å². The second kappa shape index (κ2) is 10.3. The molecule has 1 N–H and O–H groups in total. The number of hydrogen-bond donors (Lipinski definition) is 1. The van der Waals surface area contributed by atoms with Crippen molar-refractivity contribution in [2.24, 2.45) is 17.8 Å². The molecule has 0 aromatic carbocycles. The minimum atomic E-state index is -0.565. The number of rotatable bonds is 8. The Balaban J connectivity index is 1.12. The van der Waals surface area contributed by atoms with Crippen molar-refractivity contribution in [3.05, 3.63) is 40.3 Å². The third-order valence-electron chi connectivity index (χ3n) is 6.10. The molecule has 2 unspecified atom stereocenters. The van der Waals surface area contributed by atoms with E-state index in [2.05, 4.69) is 42.4 Å². The Hall–Kier alpha value is -2.62. The average Bonchev–Trinajstić information content (AvgIpc) is 3.48. The van der Waals surface area contributed by atoms with E-state index in [0.29, 0.717) is 24.3 Å². The molecule has 9 nitrogen and oxygen atoms in total. The molecule has 172 valence electrons. The van der Waals surface area contributed by atoms with Gasteiger partial charge in [-0.05, 0) is 72.0 Å². The summed E-state index contributed by atoms with van der Waals surface area (Å²) in [5.41, 5.74) is 0.0621. The molecule has 2 fully saturated rings. The van der Waals surface area contributed by atoms with Crippen molar-refractivity contribution in [3.8, 4) is 0 Å². The number of anilines is 1. The monoisotopic (exact) mass is 506 g/mol. The number of esters is 1. The van der Waals surface area contributed by atoms with Crippen LogP contribution in [-0.2, 0) is 16.1 Å². The summed E-state index contributed by atoms with van der Waals surface area (Å²) in [4.78, 5) is 30.4. The molecule has 2 atom stereocenters. The smallest absolute Gasteiger partial charge is 0.407 e. The Labute approximate surface area is 194 Å². The number of ether oxygens (including phenoxy) is 2. The van der Waals surface area contributed by atoms with Crippen LogP contribution >= 0.6 is 15.9 Å². The zero-order chi connectivity index (χ0) is 22.5. The molecular weight excluding hydrogens is 480 g/mol. The normalized spacial score (nSPS) is 21.9. The van der Waals surface area contributed by atoms with Crippen LogP contribution in [0.25, 0.3) is 0 Å². The number of alkyl carbamates (subject to hydrolysis) is 1. The van der Waals surface area contributed by atoms with Gasteiger partial charge < -0.3 is 24.2 Å². The van der Waals surface area contributed by atoms with Gasteiger partial charge >= 0.3 is 12.1 Å². The zero-order valence-electron chi connectivity index (χ0n) is 18.0. The van der Waals surface area contributed by atoms with E-state index in [4.69, 9.17) is 14.0 Å². The van der Waals surface area contributed by atoms with Crippen LogP contribution in [0.3, 0.4) is 0 Å². The number of aromatic nitrogens is 2.